The van der Waals surface area contributed by atoms with E-state index in [0.29, 0.717) is 17.4 Å². The summed E-state index contributed by atoms with van der Waals surface area (Å²) in [5.41, 5.74) is 0. The van der Waals surface area contributed by atoms with Crippen molar-refractivity contribution in [2.75, 3.05) is 47.5 Å². The normalized spacial score (nSPS) is 13.4. The van der Waals surface area contributed by atoms with Crippen molar-refractivity contribution in [3.63, 3.8) is 0 Å². The van der Waals surface area contributed by atoms with Gasteiger partial charge < -0.3 is 27.9 Å². The van der Waals surface area contributed by atoms with Gasteiger partial charge in [-0.3, -0.25) is 14.2 Å². The smallest absolute Gasteiger partial charge is 0.306 e. The van der Waals surface area contributed by atoms with Crippen LogP contribution >= 0.6 is 7.82 Å². The quantitative estimate of drug-likeness (QED) is 0.0195. The van der Waals surface area contributed by atoms with Gasteiger partial charge in [-0.25, -0.2) is 0 Å². The van der Waals surface area contributed by atoms with Crippen molar-refractivity contribution in [3.05, 3.63) is 60.8 Å². The summed E-state index contributed by atoms with van der Waals surface area (Å²) in [4.78, 5) is 38.1. The van der Waals surface area contributed by atoms with Gasteiger partial charge in [0.05, 0.1) is 27.7 Å². The molecule has 0 aromatic carbocycles. The number of hydrogen-bond acceptors (Lipinski definition) is 8. The molecule has 0 aromatic rings. The number of phosphoric ester groups is 1. The van der Waals surface area contributed by atoms with Crippen molar-refractivity contribution in [2.24, 2.45) is 0 Å². The van der Waals surface area contributed by atoms with Crippen LogP contribution in [0.2, 0.25) is 0 Å². The molecule has 10 heteroatoms. The minimum atomic E-state index is -4.64. The van der Waals surface area contributed by atoms with Crippen LogP contribution in [0.1, 0.15) is 373 Å². The minimum Gasteiger partial charge on any atom is -0.756 e. The van der Waals surface area contributed by atoms with Crippen LogP contribution in [-0.4, -0.2) is 70.0 Å². The van der Waals surface area contributed by atoms with Crippen molar-refractivity contribution >= 4 is 19.8 Å². The molecule has 2 unspecified atom stereocenters. The Kier molecular flexibility index (Phi) is 67.3. The average Bonchev–Trinajstić information content (AvgIpc) is 3.68. The van der Waals surface area contributed by atoms with E-state index in [1.807, 2.05) is 21.1 Å². The fourth-order valence-electron chi connectivity index (χ4n) is 11.2. The zero-order valence-electron chi connectivity index (χ0n) is 58.9. The van der Waals surface area contributed by atoms with E-state index in [-0.39, 0.29) is 32.0 Å². The molecule has 0 saturated carbocycles. The van der Waals surface area contributed by atoms with Crippen LogP contribution in [0.25, 0.3) is 0 Å². The Balaban J connectivity index is 3.96. The monoisotopic (exact) mass is 1260 g/mol. The molecular formula is C78H146NO8P. The van der Waals surface area contributed by atoms with Crippen LogP contribution in [0.3, 0.4) is 0 Å². The van der Waals surface area contributed by atoms with Gasteiger partial charge in [-0.05, 0) is 83.5 Å². The number of unbranched alkanes of at least 4 members (excludes halogenated alkanes) is 47. The number of ether oxygens (including phenoxy) is 2. The van der Waals surface area contributed by atoms with Crippen molar-refractivity contribution in [2.45, 2.75) is 380 Å². The van der Waals surface area contributed by atoms with Crippen molar-refractivity contribution in [3.8, 4) is 0 Å². The lowest BCUT2D eigenvalue weighted by molar-refractivity contribution is -0.870. The number of carbonyl (C=O) groups excluding carboxylic acids is 2. The third kappa shape index (κ3) is 72.8. The maximum atomic E-state index is 12.9. The van der Waals surface area contributed by atoms with Gasteiger partial charge in [0.25, 0.3) is 7.82 Å². The SMILES string of the molecule is CCCCCCC/C=C\C/C=C\C/C=C\CCCCCCCCCCCCCCCCC(=O)OC(COC(=O)CCCCCCCCCCCCCCCCCCCCCCCCC/C=C\C/C=C\CCCCCCC)COP(=O)([O-])OCC[N+](C)(C)C. The summed E-state index contributed by atoms with van der Waals surface area (Å²) in [5.74, 6) is -0.816. The molecule has 0 amide bonds. The molecule has 0 aliphatic carbocycles. The molecule has 2 atom stereocenters. The number of likely N-dealkylation sites (N-methyl/N-ethyl adjacent to an activating group) is 1. The Hall–Kier alpha value is -2.29. The standard InChI is InChI=1S/C78H146NO8P/c1-6-8-10-12-14-16-18-20-22-24-26-28-30-32-34-36-37-38-39-40-41-43-44-46-48-50-52-54-56-58-60-62-64-66-68-70-77(80)84-74-76(75-86-88(82,83)85-73-72-79(3,4)5)87-78(81)71-69-67-65-63-61-59-57-55-53-51-49-47-45-42-35-33-31-29-27-25-23-21-19-17-15-13-11-9-7-2/h18-21,24-27,31,33,76H,6-17,22-23,28-30,32,34-75H2,1-5H3/b20-18-,21-19-,26-24-,27-25-,33-31-. The second-order valence-corrected chi connectivity index (χ2v) is 28.4. The van der Waals surface area contributed by atoms with Crippen LogP contribution in [0.4, 0.5) is 0 Å². The third-order valence-corrected chi connectivity index (χ3v) is 18.0. The Labute approximate surface area is 546 Å². The molecule has 0 bridgehead atoms. The van der Waals surface area contributed by atoms with Crippen LogP contribution in [0.15, 0.2) is 60.8 Å². The van der Waals surface area contributed by atoms with Crippen LogP contribution in [0, 0.1) is 0 Å². The van der Waals surface area contributed by atoms with Crippen LogP contribution < -0.4 is 4.89 Å². The summed E-state index contributed by atoms with van der Waals surface area (Å²) in [6.07, 6.45) is 91.8. The molecule has 0 aliphatic heterocycles. The van der Waals surface area contributed by atoms with Crippen molar-refractivity contribution < 1.29 is 42.1 Å². The molecule has 0 spiro atoms. The molecule has 0 aromatic heterocycles. The fourth-order valence-corrected chi connectivity index (χ4v) is 11.9. The van der Waals surface area contributed by atoms with E-state index < -0.39 is 26.5 Å². The molecule has 9 nitrogen and oxygen atoms in total. The molecule has 516 valence electrons. The van der Waals surface area contributed by atoms with E-state index in [1.165, 1.54) is 283 Å². The lowest BCUT2D eigenvalue weighted by Crippen LogP contribution is -2.37. The summed E-state index contributed by atoms with van der Waals surface area (Å²) < 4.78 is 34.4. The number of hydrogen-bond donors (Lipinski definition) is 0. The molecular weight excluding hydrogens is 1110 g/mol. The largest absolute Gasteiger partial charge is 0.756 e. The van der Waals surface area contributed by atoms with Crippen molar-refractivity contribution in [1.82, 2.24) is 0 Å². The number of carbonyl (C=O) groups is 2. The zero-order valence-corrected chi connectivity index (χ0v) is 59.8. The molecule has 0 rings (SSSR count). The summed E-state index contributed by atoms with van der Waals surface area (Å²) in [7, 11) is 1.18. The van der Waals surface area contributed by atoms with E-state index in [9.17, 15) is 19.0 Å². The molecule has 0 heterocycles. The number of phosphoric acid groups is 1. The van der Waals surface area contributed by atoms with Crippen LogP contribution in [-0.2, 0) is 32.7 Å². The van der Waals surface area contributed by atoms with E-state index in [2.05, 4.69) is 74.6 Å². The fraction of sp³-hybridized carbons (Fsp3) is 0.846. The highest BCUT2D eigenvalue weighted by molar-refractivity contribution is 7.45. The zero-order chi connectivity index (χ0) is 64.1. The molecule has 0 N–H and O–H groups in total. The van der Waals surface area contributed by atoms with Crippen molar-refractivity contribution in [1.29, 1.82) is 0 Å². The maximum absolute atomic E-state index is 12.9. The Morgan fingerprint density at radius 2 is 0.614 bits per heavy atom. The number of esters is 2. The highest BCUT2D eigenvalue weighted by Crippen LogP contribution is 2.38. The lowest BCUT2D eigenvalue weighted by atomic mass is 10.0. The van der Waals surface area contributed by atoms with E-state index in [0.717, 1.165) is 57.8 Å². The first-order valence-electron chi connectivity index (χ1n) is 38.0. The summed E-state index contributed by atoms with van der Waals surface area (Å²) >= 11 is 0. The predicted molar refractivity (Wildman–Crippen MR) is 379 cm³/mol. The van der Waals surface area contributed by atoms with E-state index in [1.54, 1.807) is 0 Å². The lowest BCUT2D eigenvalue weighted by Gasteiger charge is -2.28. The van der Waals surface area contributed by atoms with E-state index in [4.69, 9.17) is 18.5 Å². The number of rotatable bonds is 71. The number of nitrogens with zero attached hydrogens (tertiary/aromatic N) is 1. The second kappa shape index (κ2) is 69.1. The first kappa shape index (κ1) is 85.7. The summed E-state index contributed by atoms with van der Waals surface area (Å²) in [5, 5.41) is 0. The highest BCUT2D eigenvalue weighted by atomic mass is 31.2. The van der Waals surface area contributed by atoms with E-state index >= 15 is 0 Å². The van der Waals surface area contributed by atoms with Gasteiger partial charge in [0, 0.05) is 12.8 Å². The van der Waals surface area contributed by atoms with Gasteiger partial charge in [-0.15, -0.1) is 0 Å². The average molecular weight is 1260 g/mol. The van der Waals surface area contributed by atoms with Gasteiger partial charge in [-0.2, -0.15) is 0 Å². The topological polar surface area (TPSA) is 111 Å². The summed E-state index contributed by atoms with van der Waals surface area (Å²) in [6, 6.07) is 0. The highest BCUT2D eigenvalue weighted by Gasteiger charge is 2.22. The van der Waals surface area contributed by atoms with Gasteiger partial charge in [0.15, 0.2) is 6.10 Å². The van der Waals surface area contributed by atoms with Crippen LogP contribution in [0.5, 0.6) is 0 Å². The minimum absolute atomic E-state index is 0.0299. The third-order valence-electron chi connectivity index (χ3n) is 17.0. The molecule has 0 saturated heterocycles. The molecule has 88 heavy (non-hydrogen) atoms. The maximum Gasteiger partial charge on any atom is 0.306 e. The van der Waals surface area contributed by atoms with Gasteiger partial charge >= 0.3 is 11.9 Å². The molecule has 0 aliphatic rings. The number of allylic oxidation sites excluding steroid dienone is 10. The Morgan fingerprint density at radius 1 is 0.352 bits per heavy atom. The van der Waals surface area contributed by atoms with Gasteiger partial charge in [-0.1, -0.05) is 338 Å². The Bertz CT molecular complexity index is 1670. The summed E-state index contributed by atoms with van der Waals surface area (Å²) in [6.45, 7) is 4.28. The Morgan fingerprint density at radius 3 is 0.909 bits per heavy atom. The predicted octanol–water partition coefficient (Wildman–Crippen LogP) is 24.3. The molecule has 0 fully saturated rings. The first-order valence-corrected chi connectivity index (χ1v) is 39.5. The first-order chi connectivity index (χ1) is 43.0. The van der Waals surface area contributed by atoms with Gasteiger partial charge in [0.2, 0.25) is 0 Å². The second-order valence-electron chi connectivity index (χ2n) is 27.0. The number of quaternary nitrogens is 1. The van der Waals surface area contributed by atoms with Gasteiger partial charge in [0.1, 0.15) is 19.8 Å². The molecule has 0 radical (unpaired) electrons.